The lowest BCUT2D eigenvalue weighted by Gasteiger charge is -1.99. The zero-order valence-electron chi connectivity index (χ0n) is 14.7. The molecule has 0 heterocycles. The van der Waals surface area contributed by atoms with Crippen molar-refractivity contribution in [3.63, 3.8) is 0 Å². The molecular weight excluding hydrogens is 328 g/mol. The van der Waals surface area contributed by atoms with Gasteiger partial charge in [-0.2, -0.15) is 4.89 Å². The fourth-order valence-electron chi connectivity index (χ4n) is 2.02. The molecule has 0 atom stereocenters. The average molecular weight is 350 g/mol. The molecule has 0 aliphatic rings. The molecule has 0 fully saturated rings. The van der Waals surface area contributed by atoms with Crippen molar-refractivity contribution in [3.8, 4) is 0 Å². The molecule has 0 aliphatic carbocycles. The highest BCUT2D eigenvalue weighted by Gasteiger charge is 1.92. The van der Waals surface area contributed by atoms with E-state index in [1.54, 1.807) is 6.08 Å². The van der Waals surface area contributed by atoms with Crippen LogP contribution in [0.25, 0.3) is 24.3 Å². The molecule has 0 radical (unpaired) electrons. The van der Waals surface area contributed by atoms with Gasteiger partial charge in [0.05, 0.1) is 6.61 Å². The van der Waals surface area contributed by atoms with Crippen molar-refractivity contribution < 1.29 is 19.6 Å². The van der Waals surface area contributed by atoms with E-state index >= 15 is 0 Å². The van der Waals surface area contributed by atoms with Crippen LogP contribution < -0.4 is 0 Å². The lowest BCUT2D eigenvalue weighted by atomic mass is 10.1. The summed E-state index contributed by atoms with van der Waals surface area (Å²) in [7, 11) is 0. The molecule has 0 bridgehead atoms. The molecular formula is C22H22O4. The van der Waals surface area contributed by atoms with Gasteiger partial charge in [-0.15, -0.1) is 0 Å². The van der Waals surface area contributed by atoms with Crippen LogP contribution in [0.15, 0.2) is 73.9 Å². The van der Waals surface area contributed by atoms with Crippen LogP contribution in [-0.2, 0) is 19.6 Å². The fraction of sp³-hybridized carbons (Fsp3) is 0.0909. The molecule has 0 amide bonds. The summed E-state index contributed by atoms with van der Waals surface area (Å²) < 4.78 is 0. The lowest BCUT2D eigenvalue weighted by Crippen LogP contribution is -1.84. The van der Waals surface area contributed by atoms with Gasteiger partial charge in [0.1, 0.15) is 18.8 Å². The quantitative estimate of drug-likeness (QED) is 0.177. The highest BCUT2D eigenvalue weighted by molar-refractivity contribution is 5.70. The normalized spacial score (nSPS) is 11.3. The average Bonchev–Trinajstić information content (AvgIpc) is 2.69. The van der Waals surface area contributed by atoms with E-state index in [1.165, 1.54) is 18.8 Å². The summed E-state index contributed by atoms with van der Waals surface area (Å²) in [5, 5.41) is 0. The zero-order valence-corrected chi connectivity index (χ0v) is 14.7. The standard InChI is InChI=1S/C22H22O4/c1-3-23-25-17-15-21-11-7-19(8-12-21)5-6-20-9-13-22(14-10-20)16-18-26-24-4-2/h3,5-18H,1,4H2,2H3/b6-5+,17-15+,18-16+. The second-order valence-corrected chi connectivity index (χ2v) is 5.13. The van der Waals surface area contributed by atoms with Crippen molar-refractivity contribution in [2.75, 3.05) is 6.61 Å². The maximum absolute atomic E-state index is 4.85. The van der Waals surface area contributed by atoms with Gasteiger partial charge < -0.3 is 4.89 Å². The number of benzene rings is 2. The van der Waals surface area contributed by atoms with Crippen LogP contribution in [0.3, 0.4) is 0 Å². The largest absolute Gasteiger partial charge is 0.345 e. The van der Waals surface area contributed by atoms with Crippen molar-refractivity contribution in [1.29, 1.82) is 0 Å². The fourth-order valence-corrected chi connectivity index (χ4v) is 2.02. The predicted octanol–water partition coefficient (Wildman–Crippen LogP) is 5.86. The van der Waals surface area contributed by atoms with E-state index in [0.29, 0.717) is 6.61 Å². The summed E-state index contributed by atoms with van der Waals surface area (Å²) in [6.07, 6.45) is 12.0. The third kappa shape index (κ3) is 7.11. The van der Waals surface area contributed by atoms with Crippen molar-refractivity contribution in [2.24, 2.45) is 0 Å². The smallest absolute Gasteiger partial charge is 0.143 e. The van der Waals surface area contributed by atoms with Crippen LogP contribution in [0.1, 0.15) is 29.2 Å². The van der Waals surface area contributed by atoms with Gasteiger partial charge in [-0.3, -0.25) is 9.78 Å². The van der Waals surface area contributed by atoms with Crippen molar-refractivity contribution in [2.45, 2.75) is 6.92 Å². The number of hydrogen-bond donors (Lipinski definition) is 0. The minimum absolute atomic E-state index is 0.517. The molecule has 4 heteroatoms. The molecule has 26 heavy (non-hydrogen) atoms. The van der Waals surface area contributed by atoms with E-state index < -0.39 is 0 Å². The van der Waals surface area contributed by atoms with E-state index in [0.717, 1.165) is 22.3 Å². The van der Waals surface area contributed by atoms with Crippen molar-refractivity contribution in [3.05, 3.63) is 96.1 Å². The first-order valence-electron chi connectivity index (χ1n) is 8.24. The molecule has 0 saturated heterocycles. The van der Waals surface area contributed by atoms with Gasteiger partial charge in [0, 0.05) is 0 Å². The van der Waals surface area contributed by atoms with Gasteiger partial charge >= 0.3 is 0 Å². The highest BCUT2D eigenvalue weighted by atomic mass is 17.2. The van der Waals surface area contributed by atoms with E-state index in [4.69, 9.17) is 14.7 Å². The topological polar surface area (TPSA) is 36.9 Å². The Balaban J connectivity index is 1.89. The summed E-state index contributed by atoms with van der Waals surface area (Å²) in [6.45, 7) is 5.77. The summed E-state index contributed by atoms with van der Waals surface area (Å²) in [5.41, 5.74) is 4.28. The van der Waals surface area contributed by atoms with E-state index in [-0.39, 0.29) is 0 Å². The molecule has 0 saturated carbocycles. The van der Waals surface area contributed by atoms with Crippen LogP contribution >= 0.6 is 0 Å². The van der Waals surface area contributed by atoms with Gasteiger partial charge in [0.15, 0.2) is 0 Å². The molecule has 2 rings (SSSR count). The highest BCUT2D eigenvalue weighted by Crippen LogP contribution is 2.12. The molecule has 134 valence electrons. The van der Waals surface area contributed by atoms with E-state index in [2.05, 4.69) is 23.6 Å². The van der Waals surface area contributed by atoms with Gasteiger partial charge in [-0.1, -0.05) is 67.3 Å². The summed E-state index contributed by atoms with van der Waals surface area (Å²) in [6, 6.07) is 16.2. The first kappa shape index (κ1) is 19.1. The summed E-state index contributed by atoms with van der Waals surface area (Å²) >= 11 is 0. The van der Waals surface area contributed by atoms with Crippen LogP contribution in [0.5, 0.6) is 0 Å². The minimum atomic E-state index is 0.517. The molecule has 2 aromatic carbocycles. The van der Waals surface area contributed by atoms with Crippen LogP contribution in [0.4, 0.5) is 0 Å². The molecule has 0 spiro atoms. The maximum atomic E-state index is 4.85. The van der Waals surface area contributed by atoms with Gasteiger partial charge in [0.25, 0.3) is 0 Å². The van der Waals surface area contributed by atoms with Crippen LogP contribution in [0, 0.1) is 0 Å². The van der Waals surface area contributed by atoms with Crippen LogP contribution in [0.2, 0.25) is 0 Å². The lowest BCUT2D eigenvalue weighted by molar-refractivity contribution is -0.243. The second kappa shape index (κ2) is 11.3. The second-order valence-electron chi connectivity index (χ2n) is 5.13. The third-order valence-electron chi connectivity index (χ3n) is 3.28. The first-order chi connectivity index (χ1) is 12.8. The van der Waals surface area contributed by atoms with Crippen LogP contribution in [-0.4, -0.2) is 6.61 Å². The summed E-state index contributed by atoms with van der Waals surface area (Å²) in [4.78, 5) is 18.9. The Morgan fingerprint density at radius 2 is 1.08 bits per heavy atom. The van der Waals surface area contributed by atoms with E-state index in [1.807, 2.05) is 61.5 Å². The van der Waals surface area contributed by atoms with Gasteiger partial charge in [-0.25, -0.2) is 0 Å². The minimum Gasteiger partial charge on any atom is -0.345 e. The Hall–Kier alpha value is -3.24. The SMILES string of the molecule is C=COO/C=C/c1ccc(/C=C/c2ccc(/C=C/OOCC)cc2)cc1. The number of rotatable bonds is 10. The Kier molecular flexibility index (Phi) is 8.32. The monoisotopic (exact) mass is 350 g/mol. The van der Waals surface area contributed by atoms with Crippen molar-refractivity contribution in [1.82, 2.24) is 0 Å². The zero-order chi connectivity index (χ0) is 18.5. The first-order valence-corrected chi connectivity index (χ1v) is 8.24. The maximum Gasteiger partial charge on any atom is 0.143 e. The van der Waals surface area contributed by atoms with E-state index in [9.17, 15) is 0 Å². The Labute approximate surface area is 154 Å². The number of hydrogen-bond acceptors (Lipinski definition) is 4. The molecule has 0 N–H and O–H groups in total. The molecule has 0 unspecified atom stereocenters. The Bertz CT molecular complexity index is 741. The Morgan fingerprint density at radius 1 is 0.654 bits per heavy atom. The molecule has 4 nitrogen and oxygen atoms in total. The molecule has 0 aromatic heterocycles. The van der Waals surface area contributed by atoms with Gasteiger partial charge in [-0.05, 0) is 41.3 Å². The van der Waals surface area contributed by atoms with Gasteiger partial charge in [0.2, 0.25) is 0 Å². The molecule has 2 aromatic rings. The third-order valence-corrected chi connectivity index (χ3v) is 3.28. The Morgan fingerprint density at radius 3 is 1.50 bits per heavy atom. The summed E-state index contributed by atoms with van der Waals surface area (Å²) in [5.74, 6) is 0. The van der Waals surface area contributed by atoms with Crippen molar-refractivity contribution >= 4 is 24.3 Å². The predicted molar refractivity (Wildman–Crippen MR) is 105 cm³/mol. The molecule has 0 aliphatic heterocycles.